The van der Waals surface area contributed by atoms with Gasteiger partial charge in [-0.1, -0.05) is 29.8 Å². The van der Waals surface area contributed by atoms with Gasteiger partial charge in [-0.25, -0.2) is 4.98 Å². The van der Waals surface area contributed by atoms with Crippen molar-refractivity contribution in [3.8, 4) is 0 Å². The number of benzene rings is 1. The molecular formula is C21H22ClN5O2. The summed E-state index contributed by atoms with van der Waals surface area (Å²) in [6, 6.07) is 11.6. The lowest BCUT2D eigenvalue weighted by Crippen LogP contribution is -2.48. The van der Waals surface area contributed by atoms with Crippen LogP contribution in [0.4, 0.5) is 5.82 Å². The van der Waals surface area contributed by atoms with E-state index in [-0.39, 0.29) is 18.4 Å². The van der Waals surface area contributed by atoms with Crippen LogP contribution in [-0.4, -0.2) is 27.8 Å². The number of rotatable bonds is 7. The third-order valence-electron chi connectivity index (χ3n) is 4.34. The van der Waals surface area contributed by atoms with Crippen molar-refractivity contribution in [3.63, 3.8) is 0 Å². The predicted octanol–water partition coefficient (Wildman–Crippen LogP) is 2.61. The minimum absolute atomic E-state index is 0.273. The maximum Gasteiger partial charge on any atom is 0.268 e. The number of aromatic nitrogens is 2. The van der Waals surface area contributed by atoms with Crippen molar-refractivity contribution in [2.24, 2.45) is 0 Å². The van der Waals surface area contributed by atoms with E-state index in [0.29, 0.717) is 23.0 Å². The predicted molar refractivity (Wildman–Crippen MR) is 112 cm³/mol. The SMILES string of the molecule is Cc1c[nH]c(C(=O)N[C@@H](Cc2cccc(Cl)c2)C(=O)NCc2ccc(N)nc2)c1. The highest BCUT2D eigenvalue weighted by Crippen LogP contribution is 2.13. The zero-order chi connectivity index (χ0) is 20.8. The van der Waals surface area contributed by atoms with Crippen LogP contribution in [0, 0.1) is 6.92 Å². The van der Waals surface area contributed by atoms with Gasteiger partial charge in [0.2, 0.25) is 5.91 Å². The number of nitrogens with one attached hydrogen (secondary N) is 3. The molecule has 0 fully saturated rings. The van der Waals surface area contributed by atoms with Crippen molar-refractivity contribution in [3.05, 3.63) is 82.3 Å². The maximum absolute atomic E-state index is 12.8. The molecule has 0 unspecified atom stereocenters. The quantitative estimate of drug-likeness (QED) is 0.478. The van der Waals surface area contributed by atoms with Gasteiger partial charge in [0.05, 0.1) is 0 Å². The van der Waals surface area contributed by atoms with Crippen LogP contribution in [0.3, 0.4) is 0 Å². The van der Waals surface area contributed by atoms with E-state index in [4.69, 9.17) is 17.3 Å². The number of nitrogen functional groups attached to an aromatic ring is 1. The maximum atomic E-state index is 12.8. The minimum Gasteiger partial charge on any atom is -0.384 e. The molecule has 0 radical (unpaired) electrons. The van der Waals surface area contributed by atoms with E-state index in [1.165, 1.54) is 0 Å². The molecule has 2 aromatic heterocycles. The monoisotopic (exact) mass is 411 g/mol. The molecule has 0 spiro atoms. The second-order valence-electron chi connectivity index (χ2n) is 6.76. The average molecular weight is 412 g/mol. The van der Waals surface area contributed by atoms with E-state index < -0.39 is 6.04 Å². The molecule has 3 aromatic rings. The average Bonchev–Trinajstić information content (AvgIpc) is 3.13. The molecule has 0 aliphatic carbocycles. The molecule has 0 aliphatic rings. The number of anilines is 1. The van der Waals surface area contributed by atoms with Gasteiger partial charge in [0.25, 0.3) is 5.91 Å². The summed E-state index contributed by atoms with van der Waals surface area (Å²) in [6.45, 7) is 2.15. The first-order valence-electron chi connectivity index (χ1n) is 9.09. The molecule has 29 heavy (non-hydrogen) atoms. The fraction of sp³-hybridized carbons (Fsp3) is 0.190. The van der Waals surface area contributed by atoms with Crippen molar-refractivity contribution in [1.82, 2.24) is 20.6 Å². The van der Waals surface area contributed by atoms with Crippen LogP contribution in [0.5, 0.6) is 0 Å². The van der Waals surface area contributed by atoms with Crippen molar-refractivity contribution in [1.29, 1.82) is 0 Å². The summed E-state index contributed by atoms with van der Waals surface area (Å²) in [7, 11) is 0. The number of H-pyrrole nitrogens is 1. The Morgan fingerprint density at radius 1 is 1.21 bits per heavy atom. The van der Waals surface area contributed by atoms with Gasteiger partial charge in [0, 0.05) is 30.4 Å². The van der Waals surface area contributed by atoms with Crippen molar-refractivity contribution in [2.45, 2.75) is 25.9 Å². The molecule has 7 nitrogen and oxygen atoms in total. The second kappa shape index (κ2) is 9.25. The molecule has 2 heterocycles. The number of carbonyl (C=O) groups is 2. The number of carbonyl (C=O) groups excluding carboxylic acids is 2. The van der Waals surface area contributed by atoms with E-state index in [9.17, 15) is 9.59 Å². The van der Waals surface area contributed by atoms with Crippen LogP contribution in [0.2, 0.25) is 5.02 Å². The number of pyridine rings is 1. The molecule has 0 aliphatic heterocycles. The molecule has 1 atom stereocenters. The Morgan fingerprint density at radius 2 is 2.03 bits per heavy atom. The van der Waals surface area contributed by atoms with Gasteiger partial charge >= 0.3 is 0 Å². The Kier molecular flexibility index (Phi) is 6.51. The van der Waals surface area contributed by atoms with E-state index in [0.717, 1.165) is 16.7 Å². The third kappa shape index (κ3) is 5.83. The number of aromatic amines is 1. The molecule has 0 bridgehead atoms. The van der Waals surface area contributed by atoms with Crippen molar-refractivity contribution < 1.29 is 9.59 Å². The molecule has 8 heteroatoms. The lowest BCUT2D eigenvalue weighted by Gasteiger charge is -2.18. The molecule has 5 N–H and O–H groups in total. The number of hydrogen-bond acceptors (Lipinski definition) is 4. The molecular weight excluding hydrogens is 390 g/mol. The lowest BCUT2D eigenvalue weighted by atomic mass is 10.0. The molecule has 3 rings (SSSR count). The van der Waals surface area contributed by atoms with Gasteiger partial charge in [0.1, 0.15) is 17.6 Å². The van der Waals surface area contributed by atoms with Crippen LogP contribution in [-0.2, 0) is 17.8 Å². The summed E-state index contributed by atoms with van der Waals surface area (Å²) < 4.78 is 0. The summed E-state index contributed by atoms with van der Waals surface area (Å²) in [5.41, 5.74) is 8.56. The van der Waals surface area contributed by atoms with Crippen LogP contribution in [0.1, 0.15) is 27.2 Å². The fourth-order valence-electron chi connectivity index (χ4n) is 2.83. The van der Waals surface area contributed by atoms with Crippen LogP contribution in [0.25, 0.3) is 0 Å². The number of aryl methyl sites for hydroxylation is 1. The normalized spacial score (nSPS) is 11.7. The van der Waals surface area contributed by atoms with Crippen LogP contribution < -0.4 is 16.4 Å². The van der Waals surface area contributed by atoms with E-state index >= 15 is 0 Å². The van der Waals surface area contributed by atoms with Crippen LogP contribution >= 0.6 is 11.6 Å². The van der Waals surface area contributed by atoms with Crippen molar-refractivity contribution >= 4 is 29.2 Å². The zero-order valence-corrected chi connectivity index (χ0v) is 16.7. The summed E-state index contributed by atoms with van der Waals surface area (Å²) in [5, 5.41) is 6.21. The Balaban J connectivity index is 1.72. The number of nitrogens with zero attached hydrogens (tertiary/aromatic N) is 1. The Labute approximate surface area is 173 Å². The zero-order valence-electron chi connectivity index (χ0n) is 15.9. The molecule has 0 saturated carbocycles. The summed E-state index contributed by atoms with van der Waals surface area (Å²) in [4.78, 5) is 32.3. The van der Waals surface area contributed by atoms with Gasteiger partial charge in [0.15, 0.2) is 0 Å². The number of hydrogen-bond donors (Lipinski definition) is 4. The molecule has 150 valence electrons. The Hall–Kier alpha value is -3.32. The van der Waals surface area contributed by atoms with Gasteiger partial charge in [-0.15, -0.1) is 0 Å². The summed E-state index contributed by atoms with van der Waals surface area (Å²) in [6.07, 6.45) is 3.63. The largest absolute Gasteiger partial charge is 0.384 e. The van der Waals surface area contributed by atoms with E-state index in [1.807, 2.05) is 19.1 Å². The van der Waals surface area contributed by atoms with Crippen molar-refractivity contribution in [2.75, 3.05) is 5.73 Å². The topological polar surface area (TPSA) is 113 Å². The van der Waals surface area contributed by atoms with Gasteiger partial charge in [-0.05, 0) is 47.9 Å². The summed E-state index contributed by atoms with van der Waals surface area (Å²) >= 11 is 6.06. The minimum atomic E-state index is -0.772. The van der Waals surface area contributed by atoms with E-state index in [1.54, 1.807) is 42.7 Å². The first kappa shape index (κ1) is 20.4. The molecule has 2 amide bonds. The fourth-order valence-corrected chi connectivity index (χ4v) is 3.04. The number of halogens is 1. The Bertz CT molecular complexity index is 1000. The van der Waals surface area contributed by atoms with Gasteiger partial charge in [-0.3, -0.25) is 9.59 Å². The highest BCUT2D eigenvalue weighted by atomic mass is 35.5. The molecule has 0 saturated heterocycles. The highest BCUT2D eigenvalue weighted by Gasteiger charge is 2.22. The third-order valence-corrected chi connectivity index (χ3v) is 4.57. The van der Waals surface area contributed by atoms with Crippen LogP contribution in [0.15, 0.2) is 54.9 Å². The molecule has 1 aromatic carbocycles. The standard InChI is InChI=1S/C21H22ClN5O2/c1-13-7-17(24-10-13)21(29)27-18(9-14-3-2-4-16(22)8-14)20(28)26-12-15-5-6-19(23)25-11-15/h2-8,10-11,18,24H,9,12H2,1H3,(H2,23,25)(H,26,28)(H,27,29)/t18-/m0/s1. The second-order valence-corrected chi connectivity index (χ2v) is 7.20. The first-order valence-corrected chi connectivity index (χ1v) is 9.47. The van der Waals surface area contributed by atoms with E-state index in [2.05, 4.69) is 20.6 Å². The van der Waals surface area contributed by atoms with Gasteiger partial charge in [-0.2, -0.15) is 0 Å². The first-order chi connectivity index (χ1) is 13.9. The number of nitrogens with two attached hydrogens (primary N) is 1. The smallest absolute Gasteiger partial charge is 0.268 e. The van der Waals surface area contributed by atoms with Gasteiger partial charge < -0.3 is 21.4 Å². The Morgan fingerprint density at radius 3 is 2.69 bits per heavy atom. The summed E-state index contributed by atoms with van der Waals surface area (Å²) in [5.74, 6) is -0.250. The highest BCUT2D eigenvalue weighted by molar-refractivity contribution is 6.30. The number of amides is 2. The lowest BCUT2D eigenvalue weighted by molar-refractivity contribution is -0.123.